The summed E-state index contributed by atoms with van der Waals surface area (Å²) in [5.74, 6) is 0.667. The molecule has 1 saturated carbocycles. The van der Waals surface area contributed by atoms with Crippen molar-refractivity contribution < 1.29 is 23.8 Å². The maximum atomic E-state index is 14.0. The minimum Gasteiger partial charge on any atom is -0.497 e. The number of aryl methyl sites for hydroxylation is 1. The van der Waals surface area contributed by atoms with Crippen molar-refractivity contribution in [3.63, 3.8) is 0 Å². The molecule has 2 aromatic carbocycles. The molecule has 184 valence electrons. The molecule has 0 saturated heterocycles. The van der Waals surface area contributed by atoms with Crippen molar-refractivity contribution in [2.75, 3.05) is 33.9 Å². The summed E-state index contributed by atoms with van der Waals surface area (Å²) in [7, 11) is 3.04. The van der Waals surface area contributed by atoms with E-state index >= 15 is 0 Å². The van der Waals surface area contributed by atoms with E-state index in [-0.39, 0.29) is 18.0 Å². The maximum absolute atomic E-state index is 14.0. The normalized spacial score (nSPS) is 18.9. The quantitative estimate of drug-likeness (QED) is 0.301. The molecule has 2 aromatic rings. The van der Waals surface area contributed by atoms with E-state index in [4.69, 9.17) is 14.2 Å². The lowest BCUT2D eigenvalue weighted by atomic mass is 9.93. The Morgan fingerprint density at radius 3 is 2.32 bits per heavy atom. The van der Waals surface area contributed by atoms with Crippen LogP contribution in [0.15, 0.2) is 54.6 Å². The van der Waals surface area contributed by atoms with Gasteiger partial charge in [-0.1, -0.05) is 42.5 Å². The van der Waals surface area contributed by atoms with E-state index in [2.05, 4.69) is 12.1 Å². The van der Waals surface area contributed by atoms with Gasteiger partial charge in [0.05, 0.1) is 20.3 Å². The van der Waals surface area contributed by atoms with Gasteiger partial charge >= 0.3 is 5.97 Å². The van der Waals surface area contributed by atoms with Crippen LogP contribution in [0.3, 0.4) is 0 Å². The van der Waals surface area contributed by atoms with E-state index in [1.54, 1.807) is 7.11 Å². The van der Waals surface area contributed by atoms with E-state index in [0.717, 1.165) is 30.6 Å². The Balaban J connectivity index is 1.74. The highest BCUT2D eigenvalue weighted by atomic mass is 16.5. The van der Waals surface area contributed by atoms with Gasteiger partial charge < -0.3 is 19.1 Å². The van der Waals surface area contributed by atoms with E-state index in [9.17, 15) is 9.59 Å². The zero-order chi connectivity index (χ0) is 24.4. The Bertz CT molecular complexity index is 914. The van der Waals surface area contributed by atoms with Gasteiger partial charge in [-0.25, -0.2) is 0 Å². The highest BCUT2D eigenvalue weighted by Crippen LogP contribution is 2.52. The number of amides is 1. The molecule has 1 aliphatic rings. The molecule has 0 radical (unpaired) electrons. The monoisotopic (exact) mass is 467 g/mol. The van der Waals surface area contributed by atoms with Crippen LogP contribution in [-0.4, -0.2) is 56.8 Å². The van der Waals surface area contributed by atoms with Gasteiger partial charge in [0.25, 0.3) is 0 Å². The number of ether oxygens (including phenoxy) is 3. The van der Waals surface area contributed by atoms with Gasteiger partial charge in [0.1, 0.15) is 11.2 Å². The molecule has 34 heavy (non-hydrogen) atoms. The largest absolute Gasteiger partial charge is 0.497 e. The van der Waals surface area contributed by atoms with Gasteiger partial charge in [-0.15, -0.1) is 0 Å². The summed E-state index contributed by atoms with van der Waals surface area (Å²) in [5.41, 5.74) is 1.58. The minimum atomic E-state index is -0.655. The predicted molar refractivity (Wildman–Crippen MR) is 132 cm³/mol. The van der Waals surface area contributed by atoms with Crippen molar-refractivity contribution in [3.8, 4) is 5.75 Å². The van der Waals surface area contributed by atoms with Crippen LogP contribution in [0.1, 0.15) is 50.2 Å². The zero-order valence-electron chi connectivity index (χ0n) is 20.6. The Labute approximate surface area is 203 Å². The molecule has 1 fully saturated rings. The number of esters is 1. The smallest absolute Gasteiger partial charge is 0.305 e. The van der Waals surface area contributed by atoms with Crippen LogP contribution in [0.25, 0.3) is 0 Å². The summed E-state index contributed by atoms with van der Waals surface area (Å²) in [4.78, 5) is 27.5. The summed E-state index contributed by atoms with van der Waals surface area (Å²) in [6, 6.07) is 18.1. The fourth-order valence-corrected chi connectivity index (χ4v) is 4.57. The number of unbranched alkanes of at least 4 members (excludes halogenated alkanes) is 1. The van der Waals surface area contributed by atoms with Crippen molar-refractivity contribution in [1.29, 1.82) is 0 Å². The van der Waals surface area contributed by atoms with Gasteiger partial charge in [0, 0.05) is 26.1 Å². The fraction of sp³-hybridized carbons (Fsp3) is 0.500. The van der Waals surface area contributed by atoms with Crippen molar-refractivity contribution in [1.82, 2.24) is 4.90 Å². The lowest BCUT2D eigenvalue weighted by Crippen LogP contribution is -2.42. The molecule has 3 rings (SSSR count). The van der Waals surface area contributed by atoms with E-state index < -0.39 is 5.41 Å². The first-order chi connectivity index (χ1) is 16.5. The molecule has 1 amide bonds. The van der Waals surface area contributed by atoms with Crippen LogP contribution in [0.2, 0.25) is 0 Å². The number of rotatable bonds is 14. The molecule has 0 heterocycles. The van der Waals surface area contributed by atoms with Crippen LogP contribution >= 0.6 is 0 Å². The van der Waals surface area contributed by atoms with Gasteiger partial charge in [-0.3, -0.25) is 9.59 Å². The highest BCUT2D eigenvalue weighted by Gasteiger charge is 2.63. The van der Waals surface area contributed by atoms with Gasteiger partial charge in [0.15, 0.2) is 0 Å². The third-order valence-electron chi connectivity index (χ3n) is 6.56. The Kier molecular flexibility index (Phi) is 9.52. The Morgan fingerprint density at radius 1 is 0.971 bits per heavy atom. The predicted octanol–water partition coefficient (Wildman–Crippen LogP) is 4.55. The van der Waals surface area contributed by atoms with Crippen LogP contribution < -0.4 is 4.74 Å². The average Bonchev–Trinajstić information content (AvgIpc) is 3.60. The van der Waals surface area contributed by atoms with Crippen molar-refractivity contribution in [2.45, 2.75) is 57.0 Å². The number of benzene rings is 2. The van der Waals surface area contributed by atoms with Crippen LogP contribution in [-0.2, 0) is 30.9 Å². The lowest BCUT2D eigenvalue weighted by Gasteiger charge is -2.29. The summed E-state index contributed by atoms with van der Waals surface area (Å²) in [5, 5.41) is 0. The second kappa shape index (κ2) is 12.6. The van der Waals surface area contributed by atoms with Crippen LogP contribution in [0.4, 0.5) is 0 Å². The SMILES string of the molecule is CCOC1CC1(C(=O)N(CCCCC(=O)OC)CCCc1ccccc1)c1ccc(OC)cc1. The van der Waals surface area contributed by atoms with E-state index in [1.165, 1.54) is 12.7 Å². The molecule has 2 unspecified atom stereocenters. The van der Waals surface area contributed by atoms with Crippen LogP contribution in [0.5, 0.6) is 5.75 Å². The molecular formula is C28H37NO5. The van der Waals surface area contributed by atoms with Crippen molar-refractivity contribution in [2.24, 2.45) is 0 Å². The summed E-state index contributed by atoms with van der Waals surface area (Å²) in [6.07, 6.45) is 4.17. The molecular weight excluding hydrogens is 430 g/mol. The van der Waals surface area contributed by atoms with Gasteiger partial charge in [0.2, 0.25) is 5.91 Å². The summed E-state index contributed by atoms with van der Waals surface area (Å²) < 4.78 is 16.0. The molecule has 6 heteroatoms. The summed E-state index contributed by atoms with van der Waals surface area (Å²) in [6.45, 7) is 3.82. The molecule has 0 aromatic heterocycles. The van der Waals surface area contributed by atoms with E-state index in [1.807, 2.05) is 54.3 Å². The number of nitrogens with zero attached hydrogens (tertiary/aromatic N) is 1. The third-order valence-corrected chi connectivity index (χ3v) is 6.56. The van der Waals surface area contributed by atoms with Crippen LogP contribution in [0, 0.1) is 0 Å². The Morgan fingerprint density at radius 2 is 1.68 bits per heavy atom. The second-order valence-electron chi connectivity index (χ2n) is 8.76. The number of methoxy groups -OCH3 is 2. The third kappa shape index (κ3) is 6.38. The van der Waals surface area contributed by atoms with Crippen molar-refractivity contribution in [3.05, 3.63) is 65.7 Å². The second-order valence-corrected chi connectivity index (χ2v) is 8.76. The number of hydrogen-bond acceptors (Lipinski definition) is 5. The molecule has 0 aliphatic heterocycles. The first-order valence-electron chi connectivity index (χ1n) is 12.2. The highest BCUT2D eigenvalue weighted by molar-refractivity contribution is 5.93. The topological polar surface area (TPSA) is 65.1 Å². The molecule has 1 aliphatic carbocycles. The average molecular weight is 468 g/mol. The Hall–Kier alpha value is -2.86. The summed E-state index contributed by atoms with van der Waals surface area (Å²) >= 11 is 0. The maximum Gasteiger partial charge on any atom is 0.305 e. The van der Waals surface area contributed by atoms with E-state index in [0.29, 0.717) is 39.0 Å². The lowest BCUT2D eigenvalue weighted by molar-refractivity contribution is -0.140. The first-order valence-corrected chi connectivity index (χ1v) is 12.2. The standard InChI is InChI=1S/C28H37NO5/c1-4-34-25-21-28(25,23-15-17-24(32-2)18-16-23)27(31)29(19-9-8-14-26(30)33-3)20-10-13-22-11-6-5-7-12-22/h5-7,11-12,15-18,25H,4,8-10,13-14,19-21H2,1-3H3. The van der Waals surface area contributed by atoms with Crippen molar-refractivity contribution >= 4 is 11.9 Å². The molecule has 0 bridgehead atoms. The molecule has 2 atom stereocenters. The molecule has 0 N–H and O–H groups in total. The zero-order valence-corrected chi connectivity index (χ0v) is 20.6. The van der Waals surface area contributed by atoms with Gasteiger partial charge in [-0.05, 0) is 62.3 Å². The number of carbonyl (C=O) groups excluding carboxylic acids is 2. The first kappa shape index (κ1) is 25.8. The van der Waals surface area contributed by atoms with Gasteiger partial charge in [-0.2, -0.15) is 0 Å². The minimum absolute atomic E-state index is 0.113. The fourth-order valence-electron chi connectivity index (χ4n) is 4.57. The number of hydrogen-bond donors (Lipinski definition) is 0. The molecule has 6 nitrogen and oxygen atoms in total. The number of carbonyl (C=O) groups is 2. The molecule has 0 spiro atoms.